The van der Waals surface area contributed by atoms with Gasteiger partial charge in [-0.25, -0.2) is 0 Å². The molecule has 3 heteroatoms. The fourth-order valence-corrected chi connectivity index (χ4v) is 3.59. The molecule has 2 atom stereocenters. The lowest BCUT2D eigenvalue weighted by molar-refractivity contribution is 0.0752. The van der Waals surface area contributed by atoms with E-state index in [0.29, 0.717) is 18.2 Å². The van der Waals surface area contributed by atoms with Crippen LogP contribution in [0.3, 0.4) is 0 Å². The molecule has 2 aromatic carbocycles. The third-order valence-corrected chi connectivity index (χ3v) is 4.93. The topological polar surface area (TPSA) is 21.7 Å². The van der Waals surface area contributed by atoms with Crippen LogP contribution in [0.25, 0.3) is 10.8 Å². The Labute approximate surface area is 131 Å². The van der Waals surface area contributed by atoms with Gasteiger partial charge in [0.05, 0.1) is 7.11 Å². The Kier molecular flexibility index (Phi) is 3.30. The fraction of sp³-hybridized carbons (Fsp3) is 0.368. The van der Waals surface area contributed by atoms with E-state index in [9.17, 15) is 0 Å². The summed E-state index contributed by atoms with van der Waals surface area (Å²) in [7, 11) is 3.90. The summed E-state index contributed by atoms with van der Waals surface area (Å²) >= 11 is 0. The minimum Gasteiger partial charge on any atom is -0.497 e. The number of likely N-dealkylation sites (N-methyl/N-ethyl adjacent to an activating group) is 1. The zero-order chi connectivity index (χ0) is 15.1. The van der Waals surface area contributed by atoms with Crippen molar-refractivity contribution >= 4 is 10.8 Å². The lowest BCUT2D eigenvalue weighted by atomic mass is 9.99. The van der Waals surface area contributed by atoms with Crippen LogP contribution < -0.4 is 9.47 Å². The molecule has 2 bridgehead atoms. The molecule has 2 aromatic rings. The molecule has 0 spiro atoms. The highest BCUT2D eigenvalue weighted by Crippen LogP contribution is 2.32. The zero-order valence-corrected chi connectivity index (χ0v) is 13.0. The second-order valence-electron chi connectivity index (χ2n) is 6.27. The normalized spacial score (nSPS) is 27.3. The molecule has 0 radical (unpaired) electrons. The average Bonchev–Trinajstić information content (AvgIpc) is 2.75. The minimum atomic E-state index is 0.303. The molecular weight excluding hydrogens is 274 g/mol. The molecule has 0 aromatic heterocycles. The number of piperidine rings is 1. The highest BCUT2D eigenvalue weighted by molar-refractivity contribution is 5.85. The number of hydrogen-bond acceptors (Lipinski definition) is 3. The van der Waals surface area contributed by atoms with E-state index < -0.39 is 0 Å². The van der Waals surface area contributed by atoms with Gasteiger partial charge in [0.15, 0.2) is 0 Å². The quantitative estimate of drug-likeness (QED) is 0.807. The Balaban J connectivity index is 1.53. The number of benzene rings is 2. The second kappa shape index (κ2) is 5.33. The molecule has 0 aliphatic carbocycles. The first-order valence-electron chi connectivity index (χ1n) is 7.87. The molecule has 3 nitrogen and oxygen atoms in total. The van der Waals surface area contributed by atoms with E-state index in [1.54, 1.807) is 7.11 Å². The number of hydrogen-bond donors (Lipinski definition) is 0. The summed E-state index contributed by atoms with van der Waals surface area (Å²) in [4.78, 5) is 2.44. The van der Waals surface area contributed by atoms with Gasteiger partial charge in [-0.15, -0.1) is 0 Å². The molecule has 2 aliphatic heterocycles. The number of rotatable bonds is 3. The van der Waals surface area contributed by atoms with Crippen molar-refractivity contribution in [3.8, 4) is 11.5 Å². The monoisotopic (exact) mass is 295 g/mol. The van der Waals surface area contributed by atoms with Gasteiger partial charge in [0.1, 0.15) is 17.6 Å². The van der Waals surface area contributed by atoms with Crippen LogP contribution in [0.15, 0.2) is 48.6 Å². The van der Waals surface area contributed by atoms with Crippen LogP contribution >= 0.6 is 0 Å². The van der Waals surface area contributed by atoms with Crippen molar-refractivity contribution in [2.24, 2.45) is 0 Å². The summed E-state index contributed by atoms with van der Waals surface area (Å²) in [6.07, 6.45) is 7.09. The van der Waals surface area contributed by atoms with E-state index in [1.807, 2.05) is 6.07 Å². The molecule has 2 heterocycles. The van der Waals surface area contributed by atoms with Crippen molar-refractivity contribution in [1.29, 1.82) is 0 Å². The highest BCUT2D eigenvalue weighted by Gasteiger charge is 2.35. The molecule has 0 saturated carbocycles. The summed E-state index contributed by atoms with van der Waals surface area (Å²) in [6.45, 7) is 0. The van der Waals surface area contributed by atoms with Crippen molar-refractivity contribution in [2.75, 3.05) is 14.2 Å². The van der Waals surface area contributed by atoms with Gasteiger partial charge in [0.2, 0.25) is 0 Å². The van der Waals surface area contributed by atoms with Crippen LogP contribution in [0.2, 0.25) is 0 Å². The van der Waals surface area contributed by atoms with Crippen LogP contribution in [0.5, 0.6) is 11.5 Å². The average molecular weight is 295 g/mol. The molecule has 1 fully saturated rings. The van der Waals surface area contributed by atoms with Gasteiger partial charge < -0.3 is 9.47 Å². The molecule has 22 heavy (non-hydrogen) atoms. The Morgan fingerprint density at radius 3 is 2.14 bits per heavy atom. The van der Waals surface area contributed by atoms with Crippen LogP contribution in [0, 0.1) is 0 Å². The third kappa shape index (κ3) is 2.35. The van der Waals surface area contributed by atoms with Crippen molar-refractivity contribution in [3.63, 3.8) is 0 Å². The van der Waals surface area contributed by atoms with Gasteiger partial charge in [-0.1, -0.05) is 24.3 Å². The maximum Gasteiger partial charge on any atom is 0.120 e. The SMILES string of the molecule is COc1ccc2cc(OC3CC4C=CC(C3)N4C)ccc2c1. The van der Waals surface area contributed by atoms with E-state index in [2.05, 4.69) is 54.4 Å². The van der Waals surface area contributed by atoms with Crippen molar-refractivity contribution in [3.05, 3.63) is 48.6 Å². The summed E-state index contributed by atoms with van der Waals surface area (Å²) in [6, 6.07) is 13.5. The van der Waals surface area contributed by atoms with Gasteiger partial charge in [0.25, 0.3) is 0 Å². The number of nitrogens with zero attached hydrogens (tertiary/aromatic N) is 1. The minimum absolute atomic E-state index is 0.303. The molecule has 2 aliphatic rings. The van der Waals surface area contributed by atoms with Gasteiger partial charge >= 0.3 is 0 Å². The largest absolute Gasteiger partial charge is 0.497 e. The van der Waals surface area contributed by atoms with Crippen LogP contribution in [0.1, 0.15) is 12.8 Å². The van der Waals surface area contributed by atoms with Crippen molar-refractivity contribution in [2.45, 2.75) is 31.0 Å². The predicted octanol–water partition coefficient (Wildman–Crippen LogP) is 3.63. The van der Waals surface area contributed by atoms with Gasteiger partial charge in [-0.05, 0) is 42.1 Å². The van der Waals surface area contributed by atoms with Gasteiger partial charge in [-0.3, -0.25) is 4.90 Å². The molecular formula is C19H21NO2. The van der Waals surface area contributed by atoms with E-state index in [-0.39, 0.29) is 0 Å². The lowest BCUT2D eigenvalue weighted by Gasteiger charge is -2.36. The van der Waals surface area contributed by atoms with Gasteiger partial charge in [-0.2, -0.15) is 0 Å². The van der Waals surface area contributed by atoms with E-state index in [0.717, 1.165) is 24.3 Å². The van der Waals surface area contributed by atoms with E-state index >= 15 is 0 Å². The molecule has 4 rings (SSSR count). The molecule has 0 amide bonds. The molecule has 2 unspecified atom stereocenters. The Morgan fingerprint density at radius 2 is 1.50 bits per heavy atom. The Morgan fingerprint density at radius 1 is 0.909 bits per heavy atom. The van der Waals surface area contributed by atoms with Crippen LogP contribution in [0.4, 0.5) is 0 Å². The highest BCUT2D eigenvalue weighted by atomic mass is 16.5. The number of ether oxygens (including phenoxy) is 2. The maximum absolute atomic E-state index is 6.25. The van der Waals surface area contributed by atoms with Crippen molar-refractivity contribution in [1.82, 2.24) is 4.90 Å². The third-order valence-electron chi connectivity index (χ3n) is 4.93. The fourth-order valence-electron chi connectivity index (χ4n) is 3.59. The Bertz CT molecular complexity index is 708. The van der Waals surface area contributed by atoms with Crippen LogP contribution in [-0.4, -0.2) is 37.2 Å². The first kappa shape index (κ1) is 13.6. The van der Waals surface area contributed by atoms with E-state index in [4.69, 9.17) is 9.47 Å². The van der Waals surface area contributed by atoms with Crippen LogP contribution in [-0.2, 0) is 0 Å². The summed E-state index contributed by atoms with van der Waals surface area (Å²) in [5.74, 6) is 1.85. The van der Waals surface area contributed by atoms with E-state index in [1.165, 1.54) is 10.8 Å². The predicted molar refractivity (Wildman–Crippen MR) is 88.6 cm³/mol. The number of methoxy groups -OCH3 is 1. The summed E-state index contributed by atoms with van der Waals surface area (Å²) in [5, 5.41) is 2.36. The standard InChI is InChI=1S/C19H21NO2/c1-20-15-5-6-16(20)12-19(11-15)22-18-8-4-13-9-17(21-2)7-3-14(13)10-18/h3-10,15-16,19H,11-12H2,1-2H3. The first-order valence-corrected chi connectivity index (χ1v) is 7.87. The smallest absolute Gasteiger partial charge is 0.120 e. The second-order valence-corrected chi connectivity index (χ2v) is 6.27. The zero-order valence-electron chi connectivity index (χ0n) is 13.0. The van der Waals surface area contributed by atoms with Crippen molar-refractivity contribution < 1.29 is 9.47 Å². The summed E-state index contributed by atoms with van der Waals surface area (Å²) < 4.78 is 11.5. The maximum atomic E-state index is 6.25. The molecule has 1 saturated heterocycles. The van der Waals surface area contributed by atoms with Gasteiger partial charge in [0, 0.05) is 24.9 Å². The molecule has 0 N–H and O–H groups in total. The Hall–Kier alpha value is -2.00. The lowest BCUT2D eigenvalue weighted by Crippen LogP contribution is -2.44. The summed E-state index contributed by atoms with van der Waals surface area (Å²) in [5.41, 5.74) is 0. The number of fused-ring (bicyclic) bond motifs is 3. The first-order chi connectivity index (χ1) is 10.7. The molecule has 114 valence electrons.